The van der Waals surface area contributed by atoms with Crippen molar-refractivity contribution in [3.8, 4) is 5.75 Å². The van der Waals surface area contributed by atoms with Gasteiger partial charge in [0.1, 0.15) is 6.33 Å². The van der Waals surface area contributed by atoms with Gasteiger partial charge < -0.3 is 19.7 Å². The third kappa shape index (κ3) is 5.43. The zero-order valence-corrected chi connectivity index (χ0v) is 18.7. The van der Waals surface area contributed by atoms with Crippen LogP contribution >= 0.6 is 23.5 Å². The van der Waals surface area contributed by atoms with E-state index < -0.39 is 0 Å². The molecule has 1 aliphatic rings. The topological polar surface area (TPSA) is 79.4 Å². The average Bonchev–Trinajstić information content (AvgIpc) is 3.33. The summed E-state index contributed by atoms with van der Waals surface area (Å²) in [5.74, 6) is 0.512. The van der Waals surface area contributed by atoms with Gasteiger partial charge in [0.25, 0.3) is 6.47 Å². The van der Waals surface area contributed by atoms with E-state index in [4.69, 9.17) is 4.74 Å². The number of anilines is 2. The van der Waals surface area contributed by atoms with Crippen molar-refractivity contribution in [2.45, 2.75) is 17.9 Å². The number of rotatable bonds is 9. The van der Waals surface area contributed by atoms with Crippen LogP contribution in [0.5, 0.6) is 5.75 Å². The van der Waals surface area contributed by atoms with Gasteiger partial charge in [-0.1, -0.05) is 30.3 Å². The normalized spacial score (nSPS) is 13.4. The van der Waals surface area contributed by atoms with Crippen molar-refractivity contribution < 1.29 is 9.53 Å². The Kier molecular flexibility index (Phi) is 7.18. The Labute approximate surface area is 189 Å². The average molecular weight is 454 g/mol. The van der Waals surface area contributed by atoms with Crippen molar-refractivity contribution in [2.24, 2.45) is 0 Å². The van der Waals surface area contributed by atoms with Crippen LogP contribution in [0.15, 0.2) is 59.8 Å². The molecule has 0 radical (unpaired) electrons. The van der Waals surface area contributed by atoms with Gasteiger partial charge >= 0.3 is 0 Å². The first-order valence-corrected chi connectivity index (χ1v) is 11.5. The van der Waals surface area contributed by atoms with E-state index in [1.807, 2.05) is 25.2 Å². The maximum Gasteiger partial charge on any atom is 0.298 e. The molecule has 0 fully saturated rings. The summed E-state index contributed by atoms with van der Waals surface area (Å²) in [5.41, 5.74) is 4.66. The molecule has 0 saturated carbocycles. The molecule has 9 heteroatoms. The van der Waals surface area contributed by atoms with Gasteiger partial charge in [-0.05, 0) is 59.8 Å². The number of nitrogens with zero attached hydrogens (tertiary/aromatic N) is 3. The minimum atomic E-state index is 0.464. The van der Waals surface area contributed by atoms with E-state index in [1.165, 1.54) is 46.5 Å². The number of ether oxygens (including phenoxy) is 1. The molecule has 2 aromatic carbocycles. The van der Waals surface area contributed by atoms with Crippen LogP contribution in [0.3, 0.4) is 0 Å². The largest absolute Gasteiger partial charge is 0.426 e. The lowest BCUT2D eigenvalue weighted by Crippen LogP contribution is -2.23. The molecular formula is C22H23N5O2S2. The fourth-order valence-corrected chi connectivity index (χ4v) is 4.62. The van der Waals surface area contributed by atoms with Crippen LogP contribution in [0, 0.1) is 0 Å². The maximum absolute atomic E-state index is 11.1. The molecule has 2 heterocycles. The molecule has 0 amide bonds. The van der Waals surface area contributed by atoms with Crippen LogP contribution in [0.25, 0.3) is 5.57 Å². The van der Waals surface area contributed by atoms with E-state index in [0.717, 1.165) is 30.1 Å². The van der Waals surface area contributed by atoms with Crippen LogP contribution in [0.4, 0.5) is 10.8 Å². The van der Waals surface area contributed by atoms with Crippen LogP contribution in [0.1, 0.15) is 17.5 Å². The van der Waals surface area contributed by atoms with Crippen molar-refractivity contribution in [2.75, 3.05) is 29.8 Å². The minimum absolute atomic E-state index is 0.464. The highest BCUT2D eigenvalue weighted by Crippen LogP contribution is 2.34. The summed E-state index contributed by atoms with van der Waals surface area (Å²) in [4.78, 5) is 18.2. The molecule has 0 spiro atoms. The number of carbonyl (C=O) groups is 1. The zero-order valence-electron chi connectivity index (χ0n) is 17.1. The van der Waals surface area contributed by atoms with E-state index in [1.54, 1.807) is 0 Å². The van der Waals surface area contributed by atoms with Gasteiger partial charge in [0.2, 0.25) is 5.13 Å². The first kappa shape index (κ1) is 21.4. The fraction of sp³-hybridized carbons (Fsp3) is 0.227. The molecule has 2 N–H and O–H groups in total. The Hall–Kier alpha value is -2.88. The summed E-state index contributed by atoms with van der Waals surface area (Å²) in [5, 5.41) is 4.16. The number of nitrogens with one attached hydrogen (secondary N) is 2. The quantitative estimate of drug-likeness (QED) is 0.369. The fourth-order valence-electron chi connectivity index (χ4n) is 3.50. The highest BCUT2D eigenvalue weighted by atomic mass is 32.2. The second kappa shape index (κ2) is 10.4. The van der Waals surface area contributed by atoms with E-state index in [2.05, 4.69) is 54.6 Å². The van der Waals surface area contributed by atoms with Gasteiger partial charge in [0.05, 0.1) is 5.69 Å². The van der Waals surface area contributed by atoms with Crippen molar-refractivity contribution in [3.63, 3.8) is 0 Å². The third-order valence-corrected chi connectivity index (χ3v) is 6.43. The summed E-state index contributed by atoms with van der Waals surface area (Å²) in [6, 6.07) is 14.3. The Morgan fingerprint density at radius 2 is 2.23 bits per heavy atom. The SMILES string of the molecule is CN(Cc1ccccc1C1=CCCNC1)c1ccc(SNc2ncns2)cc1OC=O. The summed E-state index contributed by atoms with van der Waals surface area (Å²) in [6.45, 7) is 3.06. The van der Waals surface area contributed by atoms with Gasteiger partial charge in [-0.2, -0.15) is 4.37 Å². The molecule has 7 nitrogen and oxygen atoms in total. The van der Waals surface area contributed by atoms with E-state index in [-0.39, 0.29) is 0 Å². The molecule has 1 aromatic heterocycles. The third-order valence-electron chi connectivity index (χ3n) is 4.93. The predicted molar refractivity (Wildman–Crippen MR) is 127 cm³/mol. The monoisotopic (exact) mass is 453 g/mol. The lowest BCUT2D eigenvalue weighted by molar-refractivity contribution is -0.120. The number of hydrogen-bond donors (Lipinski definition) is 2. The first-order valence-electron chi connectivity index (χ1n) is 9.87. The van der Waals surface area contributed by atoms with E-state index in [0.29, 0.717) is 23.9 Å². The Balaban J connectivity index is 1.53. The van der Waals surface area contributed by atoms with E-state index in [9.17, 15) is 4.79 Å². The molecule has 0 aliphatic carbocycles. The lowest BCUT2D eigenvalue weighted by Gasteiger charge is -2.24. The van der Waals surface area contributed by atoms with Crippen molar-refractivity contribution in [3.05, 3.63) is 66.0 Å². The second-order valence-corrected chi connectivity index (χ2v) is 8.66. The molecule has 0 unspecified atom stereocenters. The molecular weight excluding hydrogens is 430 g/mol. The minimum Gasteiger partial charge on any atom is -0.426 e. The van der Waals surface area contributed by atoms with Crippen molar-refractivity contribution in [1.82, 2.24) is 14.7 Å². The molecule has 0 bridgehead atoms. The smallest absolute Gasteiger partial charge is 0.298 e. The standard InChI is InChI=1S/C22H23N5O2S2/c1-27(13-17-5-2-3-7-19(17)16-6-4-10-23-12-16)20-9-8-18(11-21(20)29-15-28)30-26-22-24-14-25-31-22/h2-3,5-9,11,14-15,23H,4,10,12-13H2,1H3,(H,24,25,26). The highest BCUT2D eigenvalue weighted by Gasteiger charge is 2.15. The number of hydrogen-bond acceptors (Lipinski definition) is 9. The molecule has 31 heavy (non-hydrogen) atoms. The molecule has 0 atom stereocenters. The van der Waals surface area contributed by atoms with E-state index >= 15 is 0 Å². The van der Waals surface area contributed by atoms with Crippen LogP contribution in [0.2, 0.25) is 0 Å². The molecule has 1 aliphatic heterocycles. The number of aromatic nitrogens is 2. The molecule has 4 rings (SSSR count). The van der Waals surface area contributed by atoms with Crippen LogP contribution in [-0.2, 0) is 11.3 Å². The summed E-state index contributed by atoms with van der Waals surface area (Å²) >= 11 is 2.67. The Morgan fingerprint density at radius 1 is 1.32 bits per heavy atom. The molecule has 0 saturated heterocycles. The van der Waals surface area contributed by atoms with Gasteiger partial charge in [0.15, 0.2) is 5.75 Å². The first-order chi connectivity index (χ1) is 15.2. The van der Waals surface area contributed by atoms with Crippen LogP contribution in [-0.4, -0.2) is 36.0 Å². The van der Waals surface area contributed by atoms with Gasteiger partial charge in [-0.15, -0.1) is 0 Å². The molecule has 3 aromatic rings. The second-order valence-electron chi connectivity index (χ2n) is 7.00. The lowest BCUT2D eigenvalue weighted by atomic mass is 9.96. The predicted octanol–water partition coefficient (Wildman–Crippen LogP) is 4.21. The maximum atomic E-state index is 11.1. The summed E-state index contributed by atoms with van der Waals surface area (Å²) < 4.78 is 12.4. The number of benzene rings is 2. The summed E-state index contributed by atoms with van der Waals surface area (Å²) in [6.07, 6.45) is 4.86. The highest BCUT2D eigenvalue weighted by molar-refractivity contribution is 8.00. The van der Waals surface area contributed by atoms with Gasteiger partial charge in [-0.3, -0.25) is 4.79 Å². The summed E-state index contributed by atoms with van der Waals surface area (Å²) in [7, 11) is 2.00. The molecule has 160 valence electrons. The Bertz CT molecular complexity index is 1060. The van der Waals surface area contributed by atoms with Crippen molar-refractivity contribution in [1.29, 1.82) is 0 Å². The van der Waals surface area contributed by atoms with Crippen LogP contribution < -0.4 is 19.7 Å². The van der Waals surface area contributed by atoms with Crippen molar-refractivity contribution >= 4 is 46.3 Å². The zero-order chi connectivity index (χ0) is 21.5. The Morgan fingerprint density at radius 3 is 3.00 bits per heavy atom. The van der Waals surface area contributed by atoms with Gasteiger partial charge in [0, 0.05) is 36.6 Å². The number of carbonyl (C=O) groups excluding carboxylic acids is 1. The van der Waals surface area contributed by atoms with Gasteiger partial charge in [-0.25, -0.2) is 4.98 Å².